The highest BCUT2D eigenvalue weighted by Gasteiger charge is 2.54. The van der Waals surface area contributed by atoms with Gasteiger partial charge in [0.05, 0.1) is 7.11 Å². The maximum absolute atomic E-state index is 13.3. The molecule has 0 spiro atoms. The molecule has 4 rings (SSSR count). The summed E-state index contributed by atoms with van der Waals surface area (Å²) in [7, 11) is 1.39. The van der Waals surface area contributed by atoms with Crippen molar-refractivity contribution in [3.8, 4) is 0 Å². The van der Waals surface area contributed by atoms with Crippen LogP contribution in [0, 0.1) is 0 Å². The van der Waals surface area contributed by atoms with Crippen LogP contribution < -0.4 is 0 Å². The lowest BCUT2D eigenvalue weighted by Gasteiger charge is -2.30. The number of nitrogens with zero attached hydrogens (tertiary/aromatic N) is 1. The highest BCUT2D eigenvalue weighted by atomic mass is 35.5. The number of rotatable bonds is 6. The summed E-state index contributed by atoms with van der Waals surface area (Å²) in [6.45, 7) is 2.06. The highest BCUT2D eigenvalue weighted by molar-refractivity contribution is 6.30. The molecule has 0 amide bonds. The van der Waals surface area contributed by atoms with Gasteiger partial charge in [-0.25, -0.2) is 9.79 Å². The lowest BCUT2D eigenvalue weighted by atomic mass is 9.81. The number of aryl methyl sites for hydroxylation is 1. The van der Waals surface area contributed by atoms with Gasteiger partial charge in [0.1, 0.15) is 0 Å². The Labute approximate surface area is 187 Å². The van der Waals surface area contributed by atoms with E-state index in [2.05, 4.69) is 6.92 Å². The van der Waals surface area contributed by atoms with Gasteiger partial charge in [-0.15, -0.1) is 0 Å². The standard InChI is InChI=1S/C26H24ClNO3/c1-3-19-16-21(27)14-15-22(19)23-26(25(29)30-2,17-18-10-6-4-7-11-18)28-24(31-23)20-12-8-5-9-13-20/h4-16,23H,3,17H2,1-2H3/t23-,26-/m0/s1. The van der Waals surface area contributed by atoms with E-state index >= 15 is 0 Å². The molecule has 0 saturated heterocycles. The summed E-state index contributed by atoms with van der Waals surface area (Å²) in [6.07, 6.45) is 0.467. The van der Waals surface area contributed by atoms with E-state index in [1.165, 1.54) is 7.11 Å². The van der Waals surface area contributed by atoms with Crippen molar-refractivity contribution in [1.29, 1.82) is 0 Å². The minimum absolute atomic E-state index is 0.354. The molecule has 0 N–H and O–H groups in total. The zero-order valence-corrected chi connectivity index (χ0v) is 18.3. The van der Waals surface area contributed by atoms with Gasteiger partial charge in [-0.2, -0.15) is 0 Å². The summed E-state index contributed by atoms with van der Waals surface area (Å²) >= 11 is 6.26. The predicted molar refractivity (Wildman–Crippen MR) is 123 cm³/mol. The molecule has 0 fully saturated rings. The van der Waals surface area contributed by atoms with Crippen molar-refractivity contribution < 1.29 is 14.3 Å². The van der Waals surface area contributed by atoms with Crippen molar-refractivity contribution >= 4 is 23.5 Å². The van der Waals surface area contributed by atoms with Crippen molar-refractivity contribution in [1.82, 2.24) is 0 Å². The molecular weight excluding hydrogens is 410 g/mol. The summed E-state index contributed by atoms with van der Waals surface area (Å²) in [6, 6.07) is 25.1. The Morgan fingerprint density at radius 2 is 1.74 bits per heavy atom. The molecule has 0 bridgehead atoms. The van der Waals surface area contributed by atoms with Gasteiger partial charge in [-0.05, 0) is 47.4 Å². The van der Waals surface area contributed by atoms with Crippen molar-refractivity contribution in [2.24, 2.45) is 4.99 Å². The Kier molecular flexibility index (Phi) is 6.10. The Balaban J connectivity index is 1.90. The first-order valence-electron chi connectivity index (χ1n) is 10.3. The average molecular weight is 434 g/mol. The normalized spacial score (nSPS) is 20.1. The summed E-state index contributed by atoms with van der Waals surface area (Å²) < 4.78 is 11.7. The van der Waals surface area contributed by atoms with E-state index in [0.717, 1.165) is 28.7 Å². The van der Waals surface area contributed by atoms with Crippen LogP contribution in [0.15, 0.2) is 83.9 Å². The number of hydrogen-bond donors (Lipinski definition) is 0. The molecule has 1 aliphatic rings. The fourth-order valence-corrected chi connectivity index (χ4v) is 4.28. The molecule has 0 aromatic heterocycles. The van der Waals surface area contributed by atoms with Crippen molar-refractivity contribution in [3.63, 3.8) is 0 Å². The number of carbonyl (C=O) groups excluding carboxylic acids is 1. The van der Waals surface area contributed by atoms with Gasteiger partial charge >= 0.3 is 5.97 Å². The Bertz CT molecular complexity index is 1100. The van der Waals surface area contributed by atoms with E-state index in [0.29, 0.717) is 17.3 Å². The SMILES string of the molecule is CCc1cc(Cl)ccc1[C@@H]1OC(c2ccccc2)=N[C@]1(Cc1ccccc1)C(=O)OC. The number of carbonyl (C=O) groups is 1. The Hall–Kier alpha value is -3.11. The minimum Gasteiger partial charge on any atom is -0.467 e. The zero-order chi connectivity index (χ0) is 21.8. The molecule has 0 unspecified atom stereocenters. The number of methoxy groups -OCH3 is 1. The number of aliphatic imine (C=N–C) groups is 1. The van der Waals surface area contributed by atoms with Crippen molar-refractivity contribution in [2.75, 3.05) is 7.11 Å². The third-order valence-electron chi connectivity index (χ3n) is 5.61. The van der Waals surface area contributed by atoms with E-state index in [1.54, 1.807) is 0 Å². The zero-order valence-electron chi connectivity index (χ0n) is 17.5. The van der Waals surface area contributed by atoms with Crippen LogP contribution >= 0.6 is 11.6 Å². The first kappa shape index (κ1) is 21.1. The van der Waals surface area contributed by atoms with E-state index in [-0.39, 0.29) is 0 Å². The van der Waals surface area contributed by atoms with Gasteiger partial charge in [0.25, 0.3) is 0 Å². The number of benzene rings is 3. The second-order valence-electron chi connectivity index (χ2n) is 7.56. The molecule has 2 atom stereocenters. The lowest BCUT2D eigenvalue weighted by molar-refractivity contribution is -0.150. The summed E-state index contributed by atoms with van der Waals surface area (Å²) in [5.41, 5.74) is 2.45. The lowest BCUT2D eigenvalue weighted by Crippen LogP contribution is -2.44. The van der Waals surface area contributed by atoms with E-state index < -0.39 is 17.6 Å². The second-order valence-corrected chi connectivity index (χ2v) is 7.99. The van der Waals surface area contributed by atoms with Crippen LogP contribution in [0.25, 0.3) is 0 Å². The maximum atomic E-state index is 13.3. The molecule has 1 heterocycles. The van der Waals surface area contributed by atoms with Crippen molar-refractivity contribution in [2.45, 2.75) is 31.4 Å². The summed E-state index contributed by atoms with van der Waals surface area (Å²) in [5.74, 6) is 0.00761. The molecule has 158 valence electrons. The largest absolute Gasteiger partial charge is 0.467 e. The molecule has 31 heavy (non-hydrogen) atoms. The predicted octanol–water partition coefficient (Wildman–Crippen LogP) is 5.58. The number of halogens is 1. The van der Waals surface area contributed by atoms with Crippen molar-refractivity contribution in [3.05, 3.63) is 106 Å². The van der Waals surface area contributed by atoms with E-state index in [1.807, 2.05) is 78.9 Å². The fourth-order valence-electron chi connectivity index (χ4n) is 4.09. The van der Waals surface area contributed by atoms with Gasteiger partial charge in [0.2, 0.25) is 11.4 Å². The molecule has 0 saturated carbocycles. The molecule has 3 aromatic carbocycles. The molecule has 0 radical (unpaired) electrons. The van der Waals surface area contributed by atoms with Gasteiger partial charge in [-0.1, -0.05) is 73.1 Å². The van der Waals surface area contributed by atoms with Gasteiger partial charge in [0.15, 0.2) is 6.10 Å². The average Bonchev–Trinajstić information content (AvgIpc) is 3.19. The van der Waals surface area contributed by atoms with E-state index in [4.69, 9.17) is 26.1 Å². The summed E-state index contributed by atoms with van der Waals surface area (Å²) in [4.78, 5) is 18.2. The molecule has 5 heteroatoms. The van der Waals surface area contributed by atoms with Gasteiger partial charge in [0, 0.05) is 17.0 Å². The van der Waals surface area contributed by atoms with Crippen LogP contribution in [-0.2, 0) is 27.1 Å². The highest BCUT2D eigenvalue weighted by Crippen LogP contribution is 2.44. The Morgan fingerprint density at radius 3 is 2.39 bits per heavy atom. The molecule has 3 aromatic rings. The van der Waals surface area contributed by atoms with Crippen LogP contribution in [0.2, 0.25) is 5.02 Å². The van der Waals surface area contributed by atoms with Crippen LogP contribution in [-0.4, -0.2) is 24.5 Å². The fraction of sp³-hybridized carbons (Fsp3) is 0.231. The topological polar surface area (TPSA) is 47.9 Å². The van der Waals surface area contributed by atoms with Gasteiger partial charge in [-0.3, -0.25) is 0 Å². The summed E-state index contributed by atoms with van der Waals surface area (Å²) in [5, 5.41) is 0.648. The van der Waals surface area contributed by atoms with E-state index in [9.17, 15) is 4.79 Å². The first-order valence-corrected chi connectivity index (χ1v) is 10.7. The number of ether oxygens (including phenoxy) is 2. The molecular formula is C26H24ClNO3. The van der Waals surface area contributed by atoms with Gasteiger partial charge < -0.3 is 9.47 Å². The van der Waals surface area contributed by atoms with Crippen LogP contribution in [0.1, 0.15) is 35.3 Å². The quantitative estimate of drug-likeness (QED) is 0.477. The Morgan fingerprint density at radius 1 is 1.06 bits per heavy atom. The molecule has 0 aliphatic carbocycles. The smallest absolute Gasteiger partial charge is 0.338 e. The molecule has 1 aliphatic heterocycles. The maximum Gasteiger partial charge on any atom is 0.338 e. The first-order chi connectivity index (χ1) is 15.1. The number of hydrogen-bond acceptors (Lipinski definition) is 4. The van der Waals surface area contributed by atoms with Crippen LogP contribution in [0.4, 0.5) is 0 Å². The molecule has 4 nitrogen and oxygen atoms in total. The van der Waals surface area contributed by atoms with Crippen LogP contribution in [0.3, 0.4) is 0 Å². The second kappa shape index (κ2) is 8.94. The third kappa shape index (κ3) is 4.08. The minimum atomic E-state index is -1.25. The monoisotopic (exact) mass is 433 g/mol. The third-order valence-corrected chi connectivity index (χ3v) is 5.84. The number of esters is 1. The van der Waals surface area contributed by atoms with Crippen LogP contribution in [0.5, 0.6) is 0 Å².